The Hall–Kier alpha value is -0.830. The fraction of sp³-hybridized carbons (Fsp3) is 0.870. The zero-order valence-electron chi connectivity index (χ0n) is 17.7. The maximum absolute atomic E-state index is 11.2. The van der Waals surface area contributed by atoms with E-state index in [1.165, 1.54) is 89.9 Å². The summed E-state index contributed by atoms with van der Waals surface area (Å²) in [5.41, 5.74) is 0.489. The lowest BCUT2D eigenvalue weighted by atomic mass is 10.0. The van der Waals surface area contributed by atoms with E-state index in [1.807, 2.05) is 0 Å². The van der Waals surface area contributed by atoms with Gasteiger partial charge in [0.1, 0.15) is 0 Å². The number of esters is 1. The van der Waals surface area contributed by atoms with Crippen LogP contribution in [0.3, 0.4) is 0 Å². The summed E-state index contributed by atoms with van der Waals surface area (Å²) >= 11 is 0. The quantitative estimate of drug-likeness (QED) is 0.132. The highest BCUT2D eigenvalue weighted by Crippen LogP contribution is 2.13. The van der Waals surface area contributed by atoms with Crippen molar-refractivity contribution in [3.63, 3.8) is 0 Å². The smallest absolute Gasteiger partial charge is 0.333 e. The van der Waals surface area contributed by atoms with E-state index in [4.69, 9.17) is 9.47 Å². The van der Waals surface area contributed by atoms with E-state index >= 15 is 0 Å². The Labute approximate surface area is 162 Å². The largest absolute Gasteiger partial charge is 0.462 e. The van der Waals surface area contributed by atoms with Crippen molar-refractivity contribution in [1.82, 2.24) is 0 Å². The Morgan fingerprint density at radius 3 is 1.23 bits per heavy atom. The lowest BCUT2D eigenvalue weighted by Gasteiger charge is -2.05. The summed E-state index contributed by atoms with van der Waals surface area (Å²) in [6.07, 6.45) is 21.2. The molecule has 0 fully saturated rings. The monoisotopic (exact) mass is 368 g/mol. The van der Waals surface area contributed by atoms with Crippen LogP contribution < -0.4 is 0 Å². The first kappa shape index (κ1) is 25.2. The van der Waals surface area contributed by atoms with Crippen molar-refractivity contribution in [3.05, 3.63) is 12.2 Å². The summed E-state index contributed by atoms with van der Waals surface area (Å²) in [6, 6.07) is 0. The summed E-state index contributed by atoms with van der Waals surface area (Å²) in [6.45, 7) is 6.73. The van der Waals surface area contributed by atoms with Gasteiger partial charge in [0.15, 0.2) is 0 Å². The lowest BCUT2D eigenvalue weighted by Crippen LogP contribution is -2.05. The molecule has 0 N–H and O–H groups in total. The first-order valence-corrected chi connectivity index (χ1v) is 11.0. The average molecular weight is 369 g/mol. The minimum atomic E-state index is -0.257. The number of methoxy groups -OCH3 is 1. The molecule has 154 valence electrons. The number of ether oxygens (including phenoxy) is 2. The van der Waals surface area contributed by atoms with Gasteiger partial charge in [-0.2, -0.15) is 0 Å². The number of rotatable bonds is 20. The van der Waals surface area contributed by atoms with E-state index in [0.717, 1.165) is 19.4 Å². The highest BCUT2D eigenvalue weighted by atomic mass is 16.5. The van der Waals surface area contributed by atoms with Crippen LogP contribution in [0.25, 0.3) is 0 Å². The van der Waals surface area contributed by atoms with Crippen molar-refractivity contribution in [1.29, 1.82) is 0 Å². The summed E-state index contributed by atoms with van der Waals surface area (Å²) in [4.78, 5) is 11.2. The van der Waals surface area contributed by atoms with E-state index in [-0.39, 0.29) is 5.97 Å². The molecular weight excluding hydrogens is 324 g/mol. The van der Waals surface area contributed by atoms with Crippen LogP contribution in [0.4, 0.5) is 0 Å². The molecule has 0 rings (SSSR count). The average Bonchev–Trinajstić information content (AvgIpc) is 2.63. The van der Waals surface area contributed by atoms with Crippen LogP contribution in [-0.4, -0.2) is 26.3 Å². The second-order valence-electron chi connectivity index (χ2n) is 7.57. The molecule has 0 heterocycles. The Balaban J connectivity index is 3.05. The summed E-state index contributed by atoms with van der Waals surface area (Å²) < 4.78 is 10.2. The van der Waals surface area contributed by atoms with Crippen molar-refractivity contribution in [3.8, 4) is 0 Å². The van der Waals surface area contributed by atoms with Crippen molar-refractivity contribution in [2.75, 3.05) is 20.3 Å². The lowest BCUT2D eigenvalue weighted by molar-refractivity contribution is -0.139. The molecule has 0 spiro atoms. The van der Waals surface area contributed by atoms with Crippen LogP contribution >= 0.6 is 0 Å². The third-order valence-electron chi connectivity index (χ3n) is 4.82. The van der Waals surface area contributed by atoms with Gasteiger partial charge >= 0.3 is 5.97 Å². The van der Waals surface area contributed by atoms with Gasteiger partial charge in [0, 0.05) is 19.3 Å². The molecule has 3 heteroatoms. The maximum Gasteiger partial charge on any atom is 0.333 e. The molecule has 0 aromatic rings. The van der Waals surface area contributed by atoms with E-state index in [9.17, 15) is 4.79 Å². The Morgan fingerprint density at radius 2 is 0.923 bits per heavy atom. The fourth-order valence-corrected chi connectivity index (χ4v) is 3.11. The molecule has 0 saturated carbocycles. The normalized spacial score (nSPS) is 10.8. The van der Waals surface area contributed by atoms with Gasteiger partial charge in [0.25, 0.3) is 0 Å². The third-order valence-corrected chi connectivity index (χ3v) is 4.82. The predicted molar refractivity (Wildman–Crippen MR) is 112 cm³/mol. The summed E-state index contributed by atoms with van der Waals surface area (Å²) in [5.74, 6) is -0.257. The van der Waals surface area contributed by atoms with Gasteiger partial charge in [-0.15, -0.1) is 0 Å². The number of carbonyl (C=O) groups excluding carboxylic acids is 1. The molecule has 0 aliphatic heterocycles. The van der Waals surface area contributed by atoms with Gasteiger partial charge in [-0.3, -0.25) is 0 Å². The fourth-order valence-electron chi connectivity index (χ4n) is 3.11. The van der Waals surface area contributed by atoms with Gasteiger partial charge < -0.3 is 9.47 Å². The van der Waals surface area contributed by atoms with Crippen molar-refractivity contribution in [2.45, 2.75) is 110 Å². The van der Waals surface area contributed by atoms with Crippen LogP contribution in [0.15, 0.2) is 12.2 Å². The molecule has 0 radical (unpaired) electrons. The molecule has 0 saturated heterocycles. The zero-order valence-corrected chi connectivity index (χ0v) is 17.7. The number of unbranched alkanes of at least 4 members (excludes halogenated alkanes) is 15. The summed E-state index contributed by atoms with van der Waals surface area (Å²) in [5, 5.41) is 0. The van der Waals surface area contributed by atoms with E-state index < -0.39 is 0 Å². The molecular formula is C23H44O3. The van der Waals surface area contributed by atoms with Crippen LogP contribution in [-0.2, 0) is 14.3 Å². The first-order chi connectivity index (χ1) is 12.7. The molecule has 0 amide bonds. The Kier molecular flexibility index (Phi) is 19.8. The van der Waals surface area contributed by atoms with Crippen molar-refractivity contribution in [2.24, 2.45) is 0 Å². The first-order valence-electron chi connectivity index (χ1n) is 11.0. The van der Waals surface area contributed by atoms with Crippen LogP contribution in [0, 0.1) is 0 Å². The van der Waals surface area contributed by atoms with Crippen molar-refractivity contribution < 1.29 is 14.3 Å². The van der Waals surface area contributed by atoms with Crippen LogP contribution in [0.2, 0.25) is 0 Å². The minimum absolute atomic E-state index is 0.257. The highest BCUT2D eigenvalue weighted by Gasteiger charge is 2.01. The van der Waals surface area contributed by atoms with E-state index in [0.29, 0.717) is 12.2 Å². The second-order valence-corrected chi connectivity index (χ2v) is 7.57. The molecule has 0 aromatic heterocycles. The molecule has 26 heavy (non-hydrogen) atoms. The molecule has 0 bridgehead atoms. The Morgan fingerprint density at radius 1 is 0.615 bits per heavy atom. The predicted octanol–water partition coefficient (Wildman–Crippen LogP) is 6.99. The van der Waals surface area contributed by atoms with Gasteiger partial charge in [-0.1, -0.05) is 96.5 Å². The van der Waals surface area contributed by atoms with Gasteiger partial charge in [-0.25, -0.2) is 4.79 Å². The zero-order chi connectivity index (χ0) is 19.3. The molecule has 0 aromatic carbocycles. The SMILES string of the molecule is C=C(C)C(=O)OCCCCCCCCCCCCCCCCCCOC. The van der Waals surface area contributed by atoms with Crippen molar-refractivity contribution >= 4 is 5.97 Å². The minimum Gasteiger partial charge on any atom is -0.462 e. The van der Waals surface area contributed by atoms with E-state index in [1.54, 1.807) is 14.0 Å². The van der Waals surface area contributed by atoms with Crippen LogP contribution in [0.5, 0.6) is 0 Å². The number of hydrogen-bond donors (Lipinski definition) is 0. The van der Waals surface area contributed by atoms with Gasteiger partial charge in [0.05, 0.1) is 6.61 Å². The second kappa shape index (κ2) is 20.5. The highest BCUT2D eigenvalue weighted by molar-refractivity contribution is 5.86. The van der Waals surface area contributed by atoms with E-state index in [2.05, 4.69) is 6.58 Å². The topological polar surface area (TPSA) is 35.5 Å². The van der Waals surface area contributed by atoms with Gasteiger partial charge in [0.2, 0.25) is 0 Å². The number of carbonyl (C=O) groups is 1. The Bertz CT molecular complexity index is 325. The van der Waals surface area contributed by atoms with Crippen LogP contribution in [0.1, 0.15) is 110 Å². The van der Waals surface area contributed by atoms with Gasteiger partial charge in [-0.05, 0) is 19.8 Å². The molecule has 0 aliphatic rings. The maximum atomic E-state index is 11.2. The molecule has 3 nitrogen and oxygen atoms in total. The third kappa shape index (κ3) is 19.5. The summed E-state index contributed by atoms with van der Waals surface area (Å²) in [7, 11) is 1.78. The molecule has 0 unspecified atom stereocenters. The molecule has 0 aliphatic carbocycles. The number of hydrogen-bond acceptors (Lipinski definition) is 3. The molecule has 0 atom stereocenters. The standard InChI is InChI=1S/C23H44O3/c1-22(2)23(24)26-21-19-17-15-13-11-9-7-5-4-6-8-10-12-14-16-18-20-25-3/h1,4-21H2,2-3H3.